The van der Waals surface area contributed by atoms with Crippen molar-refractivity contribution in [3.8, 4) is 5.75 Å². The Bertz CT molecular complexity index is 1480. The van der Waals surface area contributed by atoms with Gasteiger partial charge < -0.3 is 4.74 Å². The first-order valence-electron chi connectivity index (χ1n) is 11.0. The third-order valence-electron chi connectivity index (χ3n) is 5.16. The van der Waals surface area contributed by atoms with Crippen molar-refractivity contribution in [1.82, 2.24) is 10.2 Å². The van der Waals surface area contributed by atoms with E-state index < -0.39 is 22.5 Å². The van der Waals surface area contributed by atoms with E-state index in [0.29, 0.717) is 15.1 Å². The third kappa shape index (κ3) is 6.80. The number of carbonyl (C=O) groups excluding carboxylic acids is 1. The topological polar surface area (TPSA) is 101 Å². The number of benzene rings is 3. The van der Waals surface area contributed by atoms with Crippen molar-refractivity contribution < 1.29 is 17.9 Å². The van der Waals surface area contributed by atoms with Gasteiger partial charge >= 0.3 is 0 Å². The lowest BCUT2D eigenvalue weighted by Gasteiger charge is -2.25. The molecule has 0 unspecified atom stereocenters. The molecule has 8 nitrogen and oxygen atoms in total. The number of ether oxygens (including phenoxy) is 1. The highest BCUT2D eigenvalue weighted by Gasteiger charge is 2.30. The minimum atomic E-state index is -4.14. The lowest BCUT2D eigenvalue weighted by molar-refractivity contribution is -0.114. The summed E-state index contributed by atoms with van der Waals surface area (Å²) < 4.78 is 34.3. The Kier molecular flexibility index (Phi) is 8.70. The molecular formula is C25H23ClN4O4S3. The zero-order valence-corrected chi connectivity index (χ0v) is 23.1. The Morgan fingerprint density at radius 2 is 1.81 bits per heavy atom. The molecule has 0 radical (unpaired) electrons. The zero-order chi connectivity index (χ0) is 26.4. The highest BCUT2D eigenvalue weighted by molar-refractivity contribution is 8.00. The van der Waals surface area contributed by atoms with E-state index in [4.69, 9.17) is 16.3 Å². The number of halogens is 1. The molecule has 12 heteroatoms. The lowest BCUT2D eigenvalue weighted by Crippen LogP contribution is -2.38. The number of nitrogens with zero attached hydrogens (tertiary/aromatic N) is 3. The lowest BCUT2D eigenvalue weighted by atomic mass is 10.2. The minimum absolute atomic E-state index is 0.0310. The number of rotatable bonds is 10. The van der Waals surface area contributed by atoms with Crippen molar-refractivity contribution in [1.29, 1.82) is 0 Å². The van der Waals surface area contributed by atoms with Crippen molar-refractivity contribution in [2.45, 2.75) is 21.9 Å². The van der Waals surface area contributed by atoms with Crippen LogP contribution in [0.4, 0.5) is 10.8 Å². The van der Waals surface area contributed by atoms with Crippen molar-refractivity contribution in [3.05, 3.63) is 88.9 Å². The number of carbonyl (C=O) groups is 1. The largest absolute Gasteiger partial charge is 0.495 e. The predicted molar refractivity (Wildman–Crippen MR) is 148 cm³/mol. The fourth-order valence-electron chi connectivity index (χ4n) is 3.32. The molecule has 4 aromatic rings. The summed E-state index contributed by atoms with van der Waals surface area (Å²) >= 11 is 8.89. The average Bonchev–Trinajstić information content (AvgIpc) is 3.34. The normalized spacial score (nSPS) is 11.2. The third-order valence-corrected chi connectivity index (χ3v) is 9.22. The summed E-state index contributed by atoms with van der Waals surface area (Å²) in [4.78, 5) is 13.1. The number of thioether (sulfide) groups is 1. The summed E-state index contributed by atoms with van der Waals surface area (Å²) in [5, 5.41) is 11.4. The molecule has 0 aliphatic rings. The van der Waals surface area contributed by atoms with Gasteiger partial charge in [-0.05, 0) is 42.8 Å². The molecule has 0 bridgehead atoms. The number of nitrogens with one attached hydrogen (secondary N) is 1. The van der Waals surface area contributed by atoms with E-state index in [1.165, 1.54) is 48.4 Å². The number of aromatic nitrogens is 2. The Hall–Kier alpha value is -3.12. The van der Waals surface area contributed by atoms with Gasteiger partial charge in [0.2, 0.25) is 11.0 Å². The Labute approximate surface area is 228 Å². The number of hydrogen-bond acceptors (Lipinski definition) is 8. The van der Waals surface area contributed by atoms with E-state index in [1.807, 2.05) is 37.3 Å². The van der Waals surface area contributed by atoms with Crippen LogP contribution in [0.2, 0.25) is 5.02 Å². The first-order chi connectivity index (χ1) is 17.8. The molecule has 0 aliphatic heterocycles. The summed E-state index contributed by atoms with van der Waals surface area (Å²) in [5.41, 5.74) is 2.18. The Morgan fingerprint density at radius 1 is 1.08 bits per heavy atom. The van der Waals surface area contributed by atoms with E-state index in [-0.39, 0.29) is 21.5 Å². The molecule has 0 saturated heterocycles. The summed E-state index contributed by atoms with van der Waals surface area (Å²) in [7, 11) is -2.73. The fraction of sp³-hybridized carbons (Fsp3) is 0.160. The SMILES string of the molecule is COc1ccc(Cl)cc1N(CC(=O)Nc1nnc(SCc2ccccc2)s1)S(=O)(=O)c1ccc(C)cc1. The molecule has 0 spiro atoms. The second-order valence-electron chi connectivity index (χ2n) is 7.84. The molecule has 1 amide bonds. The molecule has 4 rings (SSSR count). The van der Waals surface area contributed by atoms with Crippen LogP contribution >= 0.6 is 34.7 Å². The van der Waals surface area contributed by atoms with E-state index in [9.17, 15) is 13.2 Å². The second-order valence-corrected chi connectivity index (χ2v) is 12.3. The van der Waals surface area contributed by atoms with Crippen molar-refractivity contribution in [2.24, 2.45) is 0 Å². The molecular weight excluding hydrogens is 552 g/mol. The molecule has 0 atom stereocenters. The van der Waals surface area contributed by atoms with Gasteiger partial charge in [0.05, 0.1) is 17.7 Å². The van der Waals surface area contributed by atoms with Crippen LogP contribution in [0.3, 0.4) is 0 Å². The van der Waals surface area contributed by atoms with Gasteiger partial charge in [-0.3, -0.25) is 14.4 Å². The number of anilines is 2. The van der Waals surface area contributed by atoms with Crippen LogP contribution in [0.15, 0.2) is 82.0 Å². The smallest absolute Gasteiger partial charge is 0.264 e. The number of hydrogen-bond donors (Lipinski definition) is 1. The van der Waals surface area contributed by atoms with Gasteiger partial charge in [-0.1, -0.05) is 82.7 Å². The summed E-state index contributed by atoms with van der Waals surface area (Å²) in [6.07, 6.45) is 0. The molecule has 0 aliphatic carbocycles. The highest BCUT2D eigenvalue weighted by atomic mass is 35.5. The molecule has 3 aromatic carbocycles. The number of aryl methyl sites for hydroxylation is 1. The van der Waals surface area contributed by atoms with Gasteiger partial charge in [-0.15, -0.1) is 10.2 Å². The number of sulfonamides is 1. The van der Waals surface area contributed by atoms with Gasteiger partial charge in [0.15, 0.2) is 4.34 Å². The van der Waals surface area contributed by atoms with Crippen LogP contribution in [0.1, 0.15) is 11.1 Å². The first-order valence-corrected chi connectivity index (χ1v) is 14.6. The monoisotopic (exact) mass is 574 g/mol. The Balaban J connectivity index is 1.56. The zero-order valence-electron chi connectivity index (χ0n) is 19.9. The Morgan fingerprint density at radius 3 is 2.51 bits per heavy atom. The number of methoxy groups -OCH3 is 1. The van der Waals surface area contributed by atoms with Crippen LogP contribution in [0.25, 0.3) is 0 Å². The molecule has 1 heterocycles. The molecule has 192 valence electrons. The van der Waals surface area contributed by atoms with Crippen LogP contribution < -0.4 is 14.4 Å². The van der Waals surface area contributed by atoms with E-state index in [2.05, 4.69) is 15.5 Å². The summed E-state index contributed by atoms with van der Waals surface area (Å²) in [6, 6.07) is 20.9. The predicted octanol–water partition coefficient (Wildman–Crippen LogP) is 5.63. The van der Waals surface area contributed by atoms with Gasteiger partial charge in [0.25, 0.3) is 10.0 Å². The van der Waals surface area contributed by atoms with E-state index >= 15 is 0 Å². The van der Waals surface area contributed by atoms with E-state index in [0.717, 1.165) is 15.4 Å². The van der Waals surface area contributed by atoms with E-state index in [1.54, 1.807) is 24.3 Å². The number of amides is 1. The standard InChI is InChI=1S/C25H23ClN4O4S3/c1-17-8-11-20(12-9-17)37(32,33)30(21-14-19(26)10-13-22(21)34-2)15-23(31)27-24-28-29-25(36-24)35-16-18-6-4-3-5-7-18/h3-14H,15-16H2,1-2H3,(H,27,28,31). The van der Waals surface area contributed by atoms with Crippen LogP contribution in [0, 0.1) is 6.92 Å². The maximum absolute atomic E-state index is 13.7. The van der Waals surface area contributed by atoms with Crippen LogP contribution in [-0.4, -0.2) is 38.2 Å². The molecule has 0 saturated carbocycles. The fourth-order valence-corrected chi connectivity index (χ4v) is 6.64. The van der Waals surface area contributed by atoms with Gasteiger partial charge in [-0.25, -0.2) is 8.42 Å². The summed E-state index contributed by atoms with van der Waals surface area (Å²) in [5.74, 6) is 0.373. The van der Waals surface area contributed by atoms with Crippen LogP contribution in [-0.2, 0) is 20.6 Å². The minimum Gasteiger partial charge on any atom is -0.495 e. The van der Waals surface area contributed by atoms with Crippen molar-refractivity contribution in [2.75, 3.05) is 23.3 Å². The van der Waals surface area contributed by atoms with Crippen LogP contribution in [0.5, 0.6) is 5.75 Å². The maximum atomic E-state index is 13.7. The van der Waals surface area contributed by atoms with Gasteiger partial charge in [0.1, 0.15) is 12.3 Å². The summed E-state index contributed by atoms with van der Waals surface area (Å²) in [6.45, 7) is 1.33. The quantitative estimate of drug-likeness (QED) is 0.193. The molecule has 1 aromatic heterocycles. The van der Waals surface area contributed by atoms with Crippen molar-refractivity contribution in [3.63, 3.8) is 0 Å². The second kappa shape index (κ2) is 12.0. The van der Waals surface area contributed by atoms with Gasteiger partial charge in [-0.2, -0.15) is 0 Å². The molecule has 1 N–H and O–H groups in total. The first kappa shape index (κ1) is 26.9. The van der Waals surface area contributed by atoms with Crippen molar-refractivity contribution >= 4 is 61.4 Å². The molecule has 37 heavy (non-hydrogen) atoms. The molecule has 0 fully saturated rings. The highest BCUT2D eigenvalue weighted by Crippen LogP contribution is 2.35. The average molecular weight is 575 g/mol. The van der Waals surface area contributed by atoms with Gasteiger partial charge in [0, 0.05) is 10.8 Å². The maximum Gasteiger partial charge on any atom is 0.264 e.